The van der Waals surface area contributed by atoms with Crippen LogP contribution in [0.3, 0.4) is 0 Å². The van der Waals surface area contributed by atoms with E-state index in [1.807, 2.05) is 23.1 Å². The number of amides is 1. The summed E-state index contributed by atoms with van der Waals surface area (Å²) in [6.45, 7) is 4.98. The Morgan fingerprint density at radius 1 is 1.04 bits per heavy atom. The Morgan fingerprint density at radius 3 is 2.44 bits per heavy atom. The van der Waals surface area contributed by atoms with Gasteiger partial charge in [-0.2, -0.15) is 0 Å². The molecule has 4 atom stereocenters. The van der Waals surface area contributed by atoms with Crippen molar-refractivity contribution < 1.29 is 9.90 Å². The average Bonchev–Trinajstić information content (AvgIpc) is 3.21. The maximum Gasteiger partial charge on any atom is 0.242 e. The van der Waals surface area contributed by atoms with Crippen LogP contribution in [0.1, 0.15) is 48.5 Å². The van der Waals surface area contributed by atoms with E-state index >= 15 is 0 Å². The molecule has 0 spiro atoms. The molecule has 142 valence electrons. The maximum atomic E-state index is 13.2. The Morgan fingerprint density at radius 2 is 1.74 bits per heavy atom. The zero-order chi connectivity index (χ0) is 19.0. The molecule has 2 heterocycles. The SMILES string of the molecule is CCCCN1C(=O)C2NNC(c3ccccc3O)C2C1c1ccc(C)cc1. The number of aromatic hydroxyl groups is 1. The quantitative estimate of drug-likeness (QED) is 0.761. The number of para-hydroxylation sites is 1. The van der Waals surface area contributed by atoms with Gasteiger partial charge in [0.25, 0.3) is 0 Å². The van der Waals surface area contributed by atoms with E-state index in [2.05, 4.69) is 49.0 Å². The maximum absolute atomic E-state index is 13.2. The Kier molecular flexibility index (Phi) is 4.89. The van der Waals surface area contributed by atoms with Crippen LogP contribution in [-0.4, -0.2) is 28.5 Å². The highest BCUT2D eigenvalue weighted by atomic mass is 16.3. The lowest BCUT2D eigenvalue weighted by Gasteiger charge is -2.31. The summed E-state index contributed by atoms with van der Waals surface area (Å²) in [5.41, 5.74) is 9.68. The van der Waals surface area contributed by atoms with Gasteiger partial charge in [0, 0.05) is 18.0 Å². The van der Waals surface area contributed by atoms with E-state index in [4.69, 9.17) is 0 Å². The lowest BCUT2D eigenvalue weighted by Crippen LogP contribution is -2.41. The van der Waals surface area contributed by atoms with Gasteiger partial charge in [-0.05, 0) is 25.0 Å². The summed E-state index contributed by atoms with van der Waals surface area (Å²) >= 11 is 0. The standard InChI is InChI=1S/C22H27N3O2/c1-3-4-13-25-21(15-11-9-14(2)10-12-15)18-19(23-24-20(18)22(25)27)16-7-5-6-8-17(16)26/h5-12,18-21,23-24,26H,3-4,13H2,1-2H3. The van der Waals surface area contributed by atoms with E-state index in [9.17, 15) is 9.90 Å². The van der Waals surface area contributed by atoms with Gasteiger partial charge in [-0.1, -0.05) is 61.4 Å². The van der Waals surface area contributed by atoms with E-state index in [1.54, 1.807) is 6.07 Å². The van der Waals surface area contributed by atoms with E-state index in [-0.39, 0.29) is 35.7 Å². The van der Waals surface area contributed by atoms with Gasteiger partial charge in [0.2, 0.25) is 5.91 Å². The number of aryl methyl sites for hydroxylation is 1. The molecule has 4 rings (SSSR count). The number of fused-ring (bicyclic) bond motifs is 1. The summed E-state index contributed by atoms with van der Waals surface area (Å²) in [5, 5.41) is 10.4. The number of likely N-dealkylation sites (tertiary alicyclic amines) is 1. The van der Waals surface area contributed by atoms with Crippen molar-refractivity contribution >= 4 is 5.91 Å². The summed E-state index contributed by atoms with van der Waals surface area (Å²) < 4.78 is 0. The minimum atomic E-state index is -0.280. The average molecular weight is 365 g/mol. The first-order chi connectivity index (χ1) is 13.1. The Labute approximate surface area is 160 Å². The lowest BCUT2D eigenvalue weighted by molar-refractivity contribution is -0.130. The van der Waals surface area contributed by atoms with Crippen LogP contribution < -0.4 is 10.9 Å². The summed E-state index contributed by atoms with van der Waals surface area (Å²) in [7, 11) is 0. The molecular weight excluding hydrogens is 338 g/mol. The topological polar surface area (TPSA) is 64.6 Å². The fraction of sp³-hybridized carbons (Fsp3) is 0.409. The van der Waals surface area contributed by atoms with Crippen LogP contribution in [0, 0.1) is 12.8 Å². The molecule has 5 nitrogen and oxygen atoms in total. The second-order valence-corrected chi connectivity index (χ2v) is 7.62. The lowest BCUT2D eigenvalue weighted by atomic mass is 9.83. The van der Waals surface area contributed by atoms with Crippen molar-refractivity contribution in [2.45, 2.75) is 44.8 Å². The first kappa shape index (κ1) is 18.0. The number of carbonyl (C=O) groups is 1. The predicted octanol–water partition coefficient (Wildman–Crippen LogP) is 3.22. The van der Waals surface area contributed by atoms with Crippen LogP contribution >= 0.6 is 0 Å². The minimum Gasteiger partial charge on any atom is -0.508 e. The minimum absolute atomic E-state index is 0.0123. The number of phenols is 1. The molecule has 4 unspecified atom stereocenters. The number of nitrogens with zero attached hydrogens (tertiary/aromatic N) is 1. The molecule has 2 aliphatic heterocycles. The molecule has 2 aliphatic rings. The van der Waals surface area contributed by atoms with Crippen LogP contribution in [0.2, 0.25) is 0 Å². The highest BCUT2D eigenvalue weighted by Crippen LogP contribution is 2.48. The summed E-state index contributed by atoms with van der Waals surface area (Å²) in [5.74, 6) is 0.425. The second kappa shape index (κ2) is 7.33. The number of hydrogen-bond acceptors (Lipinski definition) is 4. The molecule has 3 N–H and O–H groups in total. The van der Waals surface area contributed by atoms with Crippen molar-refractivity contribution in [3.8, 4) is 5.75 Å². The monoisotopic (exact) mass is 365 g/mol. The van der Waals surface area contributed by atoms with E-state index < -0.39 is 0 Å². The summed E-state index contributed by atoms with van der Waals surface area (Å²) in [4.78, 5) is 15.2. The first-order valence-electron chi connectivity index (χ1n) is 9.77. The molecule has 27 heavy (non-hydrogen) atoms. The van der Waals surface area contributed by atoms with Crippen molar-refractivity contribution in [1.29, 1.82) is 0 Å². The van der Waals surface area contributed by atoms with Gasteiger partial charge in [0.15, 0.2) is 0 Å². The second-order valence-electron chi connectivity index (χ2n) is 7.62. The molecule has 2 saturated heterocycles. The largest absolute Gasteiger partial charge is 0.508 e. The van der Waals surface area contributed by atoms with Crippen molar-refractivity contribution in [3.63, 3.8) is 0 Å². The van der Waals surface area contributed by atoms with Gasteiger partial charge in [0.1, 0.15) is 11.8 Å². The van der Waals surface area contributed by atoms with Crippen LogP contribution in [0.15, 0.2) is 48.5 Å². The molecule has 2 fully saturated rings. The first-order valence-corrected chi connectivity index (χ1v) is 9.77. The number of unbranched alkanes of at least 4 members (excludes halogenated alkanes) is 1. The van der Waals surface area contributed by atoms with Gasteiger partial charge in [-0.25, -0.2) is 10.9 Å². The van der Waals surface area contributed by atoms with Crippen molar-refractivity contribution in [2.75, 3.05) is 6.54 Å². The molecule has 2 aromatic rings. The molecule has 0 radical (unpaired) electrons. The fourth-order valence-corrected chi connectivity index (χ4v) is 4.46. The Hall–Kier alpha value is -2.37. The highest BCUT2D eigenvalue weighted by molar-refractivity contribution is 5.86. The molecule has 1 amide bonds. The number of hydrazine groups is 1. The molecule has 0 aliphatic carbocycles. The molecule has 0 aromatic heterocycles. The number of benzene rings is 2. The number of carbonyl (C=O) groups excluding carboxylic acids is 1. The normalized spacial score (nSPS) is 27.2. The zero-order valence-corrected chi connectivity index (χ0v) is 15.9. The molecule has 0 saturated carbocycles. The predicted molar refractivity (Wildman–Crippen MR) is 105 cm³/mol. The van der Waals surface area contributed by atoms with Gasteiger partial charge < -0.3 is 10.0 Å². The summed E-state index contributed by atoms with van der Waals surface area (Å²) in [6.07, 6.45) is 2.04. The molecule has 0 bridgehead atoms. The summed E-state index contributed by atoms with van der Waals surface area (Å²) in [6, 6.07) is 15.5. The third-order valence-electron chi connectivity index (χ3n) is 5.86. The Balaban J connectivity index is 1.76. The van der Waals surface area contributed by atoms with Crippen molar-refractivity contribution in [2.24, 2.45) is 5.92 Å². The van der Waals surface area contributed by atoms with Crippen LogP contribution in [0.25, 0.3) is 0 Å². The van der Waals surface area contributed by atoms with Crippen LogP contribution in [-0.2, 0) is 4.79 Å². The van der Waals surface area contributed by atoms with E-state index in [0.717, 1.165) is 30.5 Å². The number of nitrogens with one attached hydrogen (secondary N) is 2. The zero-order valence-electron chi connectivity index (χ0n) is 15.9. The van der Waals surface area contributed by atoms with Crippen LogP contribution in [0.4, 0.5) is 0 Å². The van der Waals surface area contributed by atoms with Gasteiger partial charge in [0.05, 0.1) is 12.1 Å². The smallest absolute Gasteiger partial charge is 0.242 e. The van der Waals surface area contributed by atoms with E-state index in [1.165, 1.54) is 5.56 Å². The third kappa shape index (κ3) is 3.11. The van der Waals surface area contributed by atoms with Crippen molar-refractivity contribution in [1.82, 2.24) is 15.8 Å². The fourth-order valence-electron chi connectivity index (χ4n) is 4.46. The van der Waals surface area contributed by atoms with Gasteiger partial charge in [-0.3, -0.25) is 4.79 Å². The highest BCUT2D eigenvalue weighted by Gasteiger charge is 2.55. The van der Waals surface area contributed by atoms with Crippen molar-refractivity contribution in [3.05, 3.63) is 65.2 Å². The number of phenolic OH excluding ortho intramolecular Hbond substituents is 1. The number of rotatable bonds is 5. The van der Waals surface area contributed by atoms with Crippen LogP contribution in [0.5, 0.6) is 5.75 Å². The molecular formula is C22H27N3O2. The third-order valence-corrected chi connectivity index (χ3v) is 5.86. The Bertz CT molecular complexity index is 821. The van der Waals surface area contributed by atoms with Gasteiger partial charge >= 0.3 is 0 Å². The molecule has 5 heteroatoms. The molecule has 2 aromatic carbocycles. The number of hydrogen-bond donors (Lipinski definition) is 3. The van der Waals surface area contributed by atoms with E-state index in [0.29, 0.717) is 0 Å². The van der Waals surface area contributed by atoms with Gasteiger partial charge in [-0.15, -0.1) is 0 Å².